The van der Waals surface area contributed by atoms with E-state index in [1.54, 1.807) is 6.20 Å². The summed E-state index contributed by atoms with van der Waals surface area (Å²) in [5.74, 6) is 0.624. The molecule has 3 nitrogen and oxygen atoms in total. The Morgan fingerprint density at radius 2 is 2.42 bits per heavy atom. The van der Waals surface area contributed by atoms with Crippen LogP contribution in [0, 0.1) is 0 Å². The Morgan fingerprint density at radius 1 is 1.67 bits per heavy atom. The molecule has 0 aromatic carbocycles. The number of unbranched alkanes of at least 4 members (excludes halogenated alkanes) is 1. The van der Waals surface area contributed by atoms with Crippen LogP contribution in [0.3, 0.4) is 0 Å². The highest BCUT2D eigenvalue weighted by Gasteiger charge is 2.05. The molecule has 0 aliphatic carbocycles. The zero-order chi connectivity index (χ0) is 8.97. The molecule has 68 valence electrons. The van der Waals surface area contributed by atoms with Crippen molar-refractivity contribution in [3.63, 3.8) is 0 Å². The Labute approximate surface area is 73.6 Å². The number of nitrogens with zero attached hydrogens (tertiary/aromatic N) is 2. The van der Waals surface area contributed by atoms with Crippen molar-refractivity contribution in [1.29, 1.82) is 0 Å². The van der Waals surface area contributed by atoms with Crippen molar-refractivity contribution < 1.29 is 0 Å². The minimum Gasteiger partial charge on any atom is -0.369 e. The highest BCUT2D eigenvalue weighted by Crippen LogP contribution is 2.16. The molecule has 2 N–H and O–H groups in total. The average molecular weight is 167 g/mol. The van der Waals surface area contributed by atoms with E-state index in [-0.39, 0.29) is 0 Å². The number of imidazole rings is 1. The third kappa shape index (κ3) is 2.00. The summed E-state index contributed by atoms with van der Waals surface area (Å²) in [7, 11) is 0. The minimum absolute atomic E-state index is 0.479. The molecular weight excluding hydrogens is 150 g/mol. The predicted molar refractivity (Wildman–Crippen MR) is 50.9 cm³/mol. The van der Waals surface area contributed by atoms with Crippen LogP contribution < -0.4 is 5.73 Å². The summed E-state index contributed by atoms with van der Waals surface area (Å²) in [6.07, 6.45) is 7.35. The van der Waals surface area contributed by atoms with E-state index in [0.29, 0.717) is 12.0 Å². The lowest BCUT2D eigenvalue weighted by molar-refractivity contribution is 0.491. The first kappa shape index (κ1) is 9.10. The number of aromatic nitrogens is 2. The van der Waals surface area contributed by atoms with Crippen LogP contribution in [0.4, 0.5) is 5.95 Å². The van der Waals surface area contributed by atoms with E-state index in [9.17, 15) is 0 Å². The van der Waals surface area contributed by atoms with Gasteiger partial charge >= 0.3 is 0 Å². The summed E-state index contributed by atoms with van der Waals surface area (Å²) in [6.45, 7) is 4.37. The van der Waals surface area contributed by atoms with Gasteiger partial charge in [0.05, 0.1) is 0 Å². The molecule has 1 unspecified atom stereocenters. The largest absolute Gasteiger partial charge is 0.369 e. The monoisotopic (exact) mass is 167 g/mol. The van der Waals surface area contributed by atoms with Crippen molar-refractivity contribution in [2.24, 2.45) is 0 Å². The Hall–Kier alpha value is -0.990. The van der Waals surface area contributed by atoms with E-state index in [1.807, 2.05) is 10.8 Å². The SMILES string of the molecule is CCCCC(C)n1ccnc1N. The van der Waals surface area contributed by atoms with E-state index in [4.69, 9.17) is 5.73 Å². The van der Waals surface area contributed by atoms with Crippen LogP contribution in [0.25, 0.3) is 0 Å². The standard InChI is InChI=1S/C9H17N3/c1-3-4-5-8(2)12-7-6-11-9(12)10/h6-8H,3-5H2,1-2H3,(H2,10,11). The Kier molecular flexibility index (Phi) is 3.14. The Balaban J connectivity index is 2.52. The van der Waals surface area contributed by atoms with Crippen LogP contribution in [-0.2, 0) is 0 Å². The molecule has 0 radical (unpaired) electrons. The highest BCUT2D eigenvalue weighted by atomic mass is 15.1. The summed E-state index contributed by atoms with van der Waals surface area (Å²) in [6, 6.07) is 0.479. The van der Waals surface area contributed by atoms with E-state index in [2.05, 4.69) is 18.8 Å². The lowest BCUT2D eigenvalue weighted by Crippen LogP contribution is -2.07. The fourth-order valence-electron chi connectivity index (χ4n) is 1.34. The molecule has 0 aliphatic rings. The van der Waals surface area contributed by atoms with Gasteiger partial charge in [-0.1, -0.05) is 19.8 Å². The summed E-state index contributed by atoms with van der Waals surface area (Å²) in [4.78, 5) is 3.99. The molecule has 1 rings (SSSR count). The maximum Gasteiger partial charge on any atom is 0.200 e. The summed E-state index contributed by atoms with van der Waals surface area (Å²) >= 11 is 0. The van der Waals surface area contributed by atoms with Gasteiger partial charge in [0.1, 0.15) is 0 Å². The molecule has 0 fully saturated rings. The topological polar surface area (TPSA) is 43.8 Å². The second-order valence-electron chi connectivity index (χ2n) is 3.18. The third-order valence-corrected chi connectivity index (χ3v) is 2.15. The Bertz CT molecular complexity index is 229. The molecule has 0 aliphatic heterocycles. The smallest absolute Gasteiger partial charge is 0.200 e. The first-order valence-electron chi connectivity index (χ1n) is 4.54. The number of anilines is 1. The normalized spacial score (nSPS) is 13.2. The zero-order valence-corrected chi connectivity index (χ0v) is 7.83. The number of rotatable bonds is 4. The minimum atomic E-state index is 0.479. The molecule has 1 aromatic heterocycles. The van der Waals surface area contributed by atoms with Crippen LogP contribution in [-0.4, -0.2) is 9.55 Å². The van der Waals surface area contributed by atoms with Crippen molar-refractivity contribution in [3.05, 3.63) is 12.4 Å². The molecule has 0 saturated carbocycles. The molecule has 1 aromatic rings. The van der Waals surface area contributed by atoms with Crippen LogP contribution in [0.2, 0.25) is 0 Å². The zero-order valence-electron chi connectivity index (χ0n) is 7.83. The van der Waals surface area contributed by atoms with Crippen LogP contribution in [0.5, 0.6) is 0 Å². The summed E-state index contributed by atoms with van der Waals surface area (Å²) in [5.41, 5.74) is 5.67. The van der Waals surface area contributed by atoms with Crippen molar-refractivity contribution >= 4 is 5.95 Å². The van der Waals surface area contributed by atoms with Gasteiger partial charge in [-0.05, 0) is 13.3 Å². The maximum absolute atomic E-state index is 5.67. The van der Waals surface area contributed by atoms with E-state index in [1.165, 1.54) is 19.3 Å². The van der Waals surface area contributed by atoms with Crippen LogP contribution in [0.15, 0.2) is 12.4 Å². The van der Waals surface area contributed by atoms with Gasteiger partial charge in [-0.2, -0.15) is 0 Å². The fraction of sp³-hybridized carbons (Fsp3) is 0.667. The van der Waals surface area contributed by atoms with Gasteiger partial charge in [0.2, 0.25) is 0 Å². The maximum atomic E-state index is 5.67. The molecular formula is C9H17N3. The Morgan fingerprint density at radius 3 is 2.92 bits per heavy atom. The number of hydrogen-bond donors (Lipinski definition) is 1. The summed E-state index contributed by atoms with van der Waals surface area (Å²) in [5, 5.41) is 0. The predicted octanol–water partition coefficient (Wildman–Crippen LogP) is 2.22. The van der Waals surface area contributed by atoms with Gasteiger partial charge in [0.25, 0.3) is 0 Å². The molecule has 12 heavy (non-hydrogen) atoms. The van der Waals surface area contributed by atoms with E-state index in [0.717, 1.165) is 0 Å². The molecule has 1 heterocycles. The quantitative estimate of drug-likeness (QED) is 0.747. The van der Waals surface area contributed by atoms with Gasteiger partial charge in [-0.25, -0.2) is 4.98 Å². The van der Waals surface area contributed by atoms with E-state index < -0.39 is 0 Å². The van der Waals surface area contributed by atoms with Crippen LogP contribution in [0.1, 0.15) is 39.2 Å². The highest BCUT2D eigenvalue weighted by molar-refractivity contribution is 5.17. The number of nitrogen functional groups attached to an aromatic ring is 1. The average Bonchev–Trinajstić information content (AvgIpc) is 2.47. The molecule has 3 heteroatoms. The third-order valence-electron chi connectivity index (χ3n) is 2.15. The molecule has 0 spiro atoms. The molecule has 0 amide bonds. The lowest BCUT2D eigenvalue weighted by Gasteiger charge is -2.13. The second-order valence-corrected chi connectivity index (χ2v) is 3.18. The lowest BCUT2D eigenvalue weighted by atomic mass is 10.1. The van der Waals surface area contributed by atoms with E-state index >= 15 is 0 Å². The van der Waals surface area contributed by atoms with Gasteiger partial charge in [0.15, 0.2) is 5.95 Å². The second kappa shape index (κ2) is 4.14. The molecule has 1 atom stereocenters. The molecule has 0 saturated heterocycles. The van der Waals surface area contributed by atoms with Gasteiger partial charge < -0.3 is 10.3 Å². The van der Waals surface area contributed by atoms with Gasteiger partial charge in [0, 0.05) is 18.4 Å². The number of nitrogens with two attached hydrogens (primary N) is 1. The van der Waals surface area contributed by atoms with Crippen molar-refractivity contribution in [2.45, 2.75) is 39.2 Å². The number of hydrogen-bond acceptors (Lipinski definition) is 2. The van der Waals surface area contributed by atoms with Gasteiger partial charge in [-0.3, -0.25) is 0 Å². The van der Waals surface area contributed by atoms with Crippen LogP contribution >= 0.6 is 0 Å². The summed E-state index contributed by atoms with van der Waals surface area (Å²) < 4.78 is 2.02. The van der Waals surface area contributed by atoms with Crippen molar-refractivity contribution in [2.75, 3.05) is 5.73 Å². The fourth-order valence-corrected chi connectivity index (χ4v) is 1.34. The van der Waals surface area contributed by atoms with Crippen molar-refractivity contribution in [1.82, 2.24) is 9.55 Å². The van der Waals surface area contributed by atoms with Crippen molar-refractivity contribution in [3.8, 4) is 0 Å². The molecule has 0 bridgehead atoms. The van der Waals surface area contributed by atoms with Gasteiger partial charge in [-0.15, -0.1) is 0 Å². The first-order valence-corrected chi connectivity index (χ1v) is 4.54. The first-order chi connectivity index (χ1) is 5.75.